The van der Waals surface area contributed by atoms with Crippen LogP contribution in [-0.2, 0) is 6.54 Å². The van der Waals surface area contributed by atoms with Crippen LogP contribution in [0.1, 0.15) is 32.7 Å². The summed E-state index contributed by atoms with van der Waals surface area (Å²) < 4.78 is 1.89. The molecule has 2 aromatic heterocycles. The van der Waals surface area contributed by atoms with Gasteiger partial charge in [0.05, 0.1) is 10.9 Å². The fraction of sp³-hybridized carbons (Fsp3) is 0.125. The summed E-state index contributed by atoms with van der Waals surface area (Å²) in [5.41, 5.74) is 3.95. The summed E-state index contributed by atoms with van der Waals surface area (Å²) in [6.07, 6.45) is 1.65. The number of carbonyl (C=O) groups excluding carboxylic acids is 1. The van der Waals surface area contributed by atoms with Crippen molar-refractivity contribution in [3.8, 4) is 0 Å². The molecule has 4 nitrogen and oxygen atoms in total. The number of carbonyl (C=O) groups is 1. The van der Waals surface area contributed by atoms with E-state index < -0.39 is 0 Å². The molecule has 0 saturated carbocycles. The van der Waals surface area contributed by atoms with E-state index in [0.717, 1.165) is 16.8 Å². The Bertz CT molecular complexity index is 1220. The minimum atomic E-state index is -0.280. The lowest BCUT2D eigenvalue weighted by Crippen LogP contribution is -2.21. The highest BCUT2D eigenvalue weighted by Crippen LogP contribution is 2.16. The third kappa shape index (κ3) is 3.37. The second-order valence-corrected chi connectivity index (χ2v) is 7.00. The first-order valence-corrected chi connectivity index (χ1v) is 9.19. The first kappa shape index (κ1) is 17.9. The standard InChI is InChI=1S/C24H20N2O2/c1-16-8-11-19(12-9-16)22(27)21-15-26(14-18-6-4-3-5-7-18)24-20(23(21)28)13-10-17(2)25-24/h3-13,15H,14H2,1-2H3. The number of rotatable bonds is 4. The van der Waals surface area contributed by atoms with Crippen molar-refractivity contribution in [2.75, 3.05) is 0 Å². The van der Waals surface area contributed by atoms with Crippen molar-refractivity contribution in [3.63, 3.8) is 0 Å². The van der Waals surface area contributed by atoms with Crippen LogP contribution in [0.4, 0.5) is 0 Å². The lowest BCUT2D eigenvalue weighted by atomic mass is 10.0. The van der Waals surface area contributed by atoms with Gasteiger partial charge in [0, 0.05) is 24.0 Å². The van der Waals surface area contributed by atoms with E-state index in [1.807, 2.05) is 60.9 Å². The van der Waals surface area contributed by atoms with Gasteiger partial charge in [-0.05, 0) is 31.5 Å². The first-order chi connectivity index (χ1) is 13.5. The summed E-state index contributed by atoms with van der Waals surface area (Å²) in [5, 5.41) is 0.458. The normalized spacial score (nSPS) is 10.9. The van der Waals surface area contributed by atoms with Crippen molar-refractivity contribution in [2.24, 2.45) is 0 Å². The Labute approximate surface area is 163 Å². The van der Waals surface area contributed by atoms with Crippen molar-refractivity contribution in [2.45, 2.75) is 20.4 Å². The van der Waals surface area contributed by atoms with Crippen molar-refractivity contribution in [1.29, 1.82) is 0 Å². The molecule has 0 saturated heterocycles. The molecule has 0 bridgehead atoms. The third-order valence-electron chi connectivity index (χ3n) is 4.81. The molecule has 28 heavy (non-hydrogen) atoms. The van der Waals surface area contributed by atoms with E-state index in [0.29, 0.717) is 23.1 Å². The highest BCUT2D eigenvalue weighted by atomic mass is 16.1. The number of benzene rings is 2. The van der Waals surface area contributed by atoms with E-state index in [1.54, 1.807) is 30.5 Å². The monoisotopic (exact) mass is 368 g/mol. The molecule has 2 aromatic carbocycles. The first-order valence-electron chi connectivity index (χ1n) is 9.19. The Balaban J connectivity index is 1.91. The van der Waals surface area contributed by atoms with E-state index in [-0.39, 0.29) is 16.8 Å². The van der Waals surface area contributed by atoms with Crippen molar-refractivity contribution >= 4 is 16.8 Å². The zero-order chi connectivity index (χ0) is 19.7. The molecular formula is C24H20N2O2. The minimum absolute atomic E-state index is 0.165. The number of ketones is 1. The predicted octanol–water partition coefficient (Wildman–Crippen LogP) is 4.29. The maximum Gasteiger partial charge on any atom is 0.202 e. The van der Waals surface area contributed by atoms with Crippen LogP contribution in [0.25, 0.3) is 11.0 Å². The molecule has 0 aliphatic carbocycles. The second kappa shape index (κ2) is 7.24. The number of hydrogen-bond donors (Lipinski definition) is 0. The SMILES string of the molecule is Cc1ccc(C(=O)c2cn(Cc3ccccc3)c3nc(C)ccc3c2=O)cc1. The average molecular weight is 368 g/mol. The number of aromatic nitrogens is 2. The molecule has 0 radical (unpaired) electrons. The molecule has 138 valence electrons. The number of fused-ring (bicyclic) bond motifs is 1. The number of aryl methyl sites for hydroxylation is 2. The summed E-state index contributed by atoms with van der Waals surface area (Å²) in [6, 6.07) is 20.8. The van der Waals surface area contributed by atoms with Crippen LogP contribution >= 0.6 is 0 Å². The Kier molecular flexibility index (Phi) is 4.62. The number of hydrogen-bond acceptors (Lipinski definition) is 3. The van der Waals surface area contributed by atoms with E-state index in [1.165, 1.54) is 0 Å². The summed E-state index contributed by atoms with van der Waals surface area (Å²) >= 11 is 0. The molecule has 4 heteroatoms. The molecule has 4 rings (SSSR count). The van der Waals surface area contributed by atoms with Crippen molar-refractivity contribution in [1.82, 2.24) is 9.55 Å². The third-order valence-corrected chi connectivity index (χ3v) is 4.81. The van der Waals surface area contributed by atoms with Crippen LogP contribution in [-0.4, -0.2) is 15.3 Å². The lowest BCUT2D eigenvalue weighted by Gasteiger charge is -2.13. The van der Waals surface area contributed by atoms with E-state index in [9.17, 15) is 9.59 Å². The topological polar surface area (TPSA) is 52.0 Å². The summed E-state index contributed by atoms with van der Waals surface area (Å²) in [6.45, 7) is 4.38. The molecule has 0 aliphatic heterocycles. The maximum absolute atomic E-state index is 13.1. The Morgan fingerprint density at radius 3 is 2.36 bits per heavy atom. The molecular weight excluding hydrogens is 348 g/mol. The molecule has 0 fully saturated rings. The van der Waals surface area contributed by atoms with Crippen LogP contribution in [0.2, 0.25) is 0 Å². The van der Waals surface area contributed by atoms with Gasteiger partial charge >= 0.3 is 0 Å². The Morgan fingerprint density at radius 1 is 0.929 bits per heavy atom. The average Bonchev–Trinajstić information content (AvgIpc) is 2.71. The number of pyridine rings is 2. The summed E-state index contributed by atoms with van der Waals surface area (Å²) in [4.78, 5) is 30.7. The van der Waals surface area contributed by atoms with Crippen LogP contribution in [0.5, 0.6) is 0 Å². The highest BCUT2D eigenvalue weighted by molar-refractivity contribution is 6.10. The Hall–Kier alpha value is -3.53. The molecule has 0 amide bonds. The fourth-order valence-corrected chi connectivity index (χ4v) is 3.28. The van der Waals surface area contributed by atoms with Crippen molar-refractivity contribution in [3.05, 3.63) is 111 Å². The number of nitrogens with zero attached hydrogens (tertiary/aromatic N) is 2. The van der Waals surface area contributed by atoms with Gasteiger partial charge < -0.3 is 4.57 Å². The zero-order valence-electron chi connectivity index (χ0n) is 15.8. The van der Waals surface area contributed by atoms with E-state index in [2.05, 4.69) is 4.98 Å². The van der Waals surface area contributed by atoms with Crippen LogP contribution in [0.3, 0.4) is 0 Å². The van der Waals surface area contributed by atoms with Gasteiger partial charge in [-0.3, -0.25) is 9.59 Å². The quantitative estimate of drug-likeness (QED) is 0.505. The van der Waals surface area contributed by atoms with Gasteiger partial charge in [0.15, 0.2) is 5.78 Å². The predicted molar refractivity (Wildman–Crippen MR) is 111 cm³/mol. The van der Waals surface area contributed by atoms with Gasteiger partial charge in [-0.25, -0.2) is 4.98 Å². The van der Waals surface area contributed by atoms with Gasteiger partial charge in [0.1, 0.15) is 5.65 Å². The maximum atomic E-state index is 13.1. The zero-order valence-corrected chi connectivity index (χ0v) is 15.8. The lowest BCUT2D eigenvalue weighted by molar-refractivity contribution is 0.103. The van der Waals surface area contributed by atoms with Crippen molar-refractivity contribution < 1.29 is 4.79 Å². The minimum Gasteiger partial charge on any atom is -0.327 e. The molecule has 2 heterocycles. The van der Waals surface area contributed by atoms with E-state index >= 15 is 0 Å². The molecule has 0 aliphatic rings. The smallest absolute Gasteiger partial charge is 0.202 e. The van der Waals surface area contributed by atoms with Crippen LogP contribution in [0, 0.1) is 13.8 Å². The molecule has 0 unspecified atom stereocenters. The van der Waals surface area contributed by atoms with Gasteiger partial charge in [0.25, 0.3) is 0 Å². The largest absolute Gasteiger partial charge is 0.327 e. The summed E-state index contributed by atoms with van der Waals surface area (Å²) in [5.74, 6) is -0.269. The van der Waals surface area contributed by atoms with Crippen LogP contribution in [0.15, 0.2) is 77.7 Å². The van der Waals surface area contributed by atoms with Gasteiger partial charge in [-0.2, -0.15) is 0 Å². The molecule has 0 N–H and O–H groups in total. The van der Waals surface area contributed by atoms with Crippen LogP contribution < -0.4 is 5.43 Å². The fourth-order valence-electron chi connectivity index (χ4n) is 3.28. The van der Waals surface area contributed by atoms with Gasteiger partial charge in [-0.15, -0.1) is 0 Å². The Morgan fingerprint density at radius 2 is 1.64 bits per heavy atom. The second-order valence-electron chi connectivity index (χ2n) is 7.00. The molecule has 0 spiro atoms. The van der Waals surface area contributed by atoms with E-state index in [4.69, 9.17) is 0 Å². The summed E-state index contributed by atoms with van der Waals surface area (Å²) in [7, 11) is 0. The van der Waals surface area contributed by atoms with Gasteiger partial charge in [-0.1, -0.05) is 60.2 Å². The van der Waals surface area contributed by atoms with Gasteiger partial charge in [0.2, 0.25) is 5.43 Å². The molecule has 0 atom stereocenters. The highest BCUT2D eigenvalue weighted by Gasteiger charge is 2.18. The molecule has 4 aromatic rings.